The van der Waals surface area contributed by atoms with E-state index in [1.165, 1.54) is 12.1 Å². The first-order valence-corrected chi connectivity index (χ1v) is 10.4. The maximum atomic E-state index is 12.3. The van der Waals surface area contributed by atoms with E-state index in [9.17, 15) is 13.2 Å². The number of amides is 1. The van der Waals surface area contributed by atoms with E-state index < -0.39 is 10.0 Å². The molecule has 0 bridgehead atoms. The minimum Gasteiger partial charge on any atom is -0.324 e. The summed E-state index contributed by atoms with van der Waals surface area (Å²) in [5.41, 5.74) is 1.41. The molecule has 1 atom stereocenters. The van der Waals surface area contributed by atoms with Crippen LogP contribution in [0.1, 0.15) is 18.5 Å². The van der Waals surface area contributed by atoms with Crippen LogP contribution in [0.25, 0.3) is 0 Å². The maximum Gasteiger partial charge on any atom is 0.238 e. The Morgan fingerprint density at radius 2 is 1.88 bits per heavy atom. The van der Waals surface area contributed by atoms with Crippen LogP contribution in [0.5, 0.6) is 0 Å². The topological polar surface area (TPSA) is 92.5 Å². The molecule has 2 aromatic rings. The van der Waals surface area contributed by atoms with E-state index in [4.69, 9.17) is 16.7 Å². The maximum absolute atomic E-state index is 12.3. The SMILES string of the molecule is CC(c1ccc(S(N)(=O)=O)cc1)N(C)CC(=O)Nc1ccc(Br)cc1Cl. The van der Waals surface area contributed by atoms with Gasteiger partial charge in [0.25, 0.3) is 0 Å². The van der Waals surface area contributed by atoms with E-state index in [-0.39, 0.29) is 23.4 Å². The van der Waals surface area contributed by atoms with Crippen LogP contribution in [0.3, 0.4) is 0 Å². The number of carbonyl (C=O) groups excluding carboxylic acids is 1. The Labute approximate surface area is 166 Å². The minimum absolute atomic E-state index is 0.0544. The summed E-state index contributed by atoms with van der Waals surface area (Å²) in [6.45, 7) is 2.07. The lowest BCUT2D eigenvalue weighted by Gasteiger charge is -2.24. The molecule has 0 aliphatic rings. The van der Waals surface area contributed by atoms with Crippen LogP contribution in [0.4, 0.5) is 5.69 Å². The fourth-order valence-electron chi connectivity index (χ4n) is 2.33. The zero-order valence-electron chi connectivity index (χ0n) is 14.2. The summed E-state index contributed by atoms with van der Waals surface area (Å²) in [6, 6.07) is 11.4. The van der Waals surface area contributed by atoms with Crippen LogP contribution < -0.4 is 10.5 Å². The molecule has 140 valence electrons. The van der Waals surface area contributed by atoms with Crippen molar-refractivity contribution in [3.8, 4) is 0 Å². The number of nitrogens with two attached hydrogens (primary N) is 1. The third-order valence-corrected chi connectivity index (χ3v) is 5.69. The summed E-state index contributed by atoms with van der Waals surface area (Å²) in [6.07, 6.45) is 0. The summed E-state index contributed by atoms with van der Waals surface area (Å²) in [7, 11) is -1.91. The Morgan fingerprint density at radius 3 is 2.42 bits per heavy atom. The average Bonchev–Trinajstić information content (AvgIpc) is 2.56. The molecule has 0 fully saturated rings. The van der Waals surface area contributed by atoms with E-state index in [1.54, 1.807) is 37.4 Å². The highest BCUT2D eigenvalue weighted by Gasteiger charge is 2.17. The molecule has 0 aromatic heterocycles. The molecule has 9 heteroatoms. The van der Waals surface area contributed by atoms with E-state index >= 15 is 0 Å². The first kappa shape index (κ1) is 20.9. The molecule has 0 radical (unpaired) electrons. The number of primary sulfonamides is 1. The van der Waals surface area contributed by atoms with Crippen LogP contribution in [0.15, 0.2) is 51.8 Å². The van der Waals surface area contributed by atoms with Crippen molar-refractivity contribution in [2.45, 2.75) is 17.9 Å². The Kier molecular flexibility index (Phi) is 6.81. The van der Waals surface area contributed by atoms with Gasteiger partial charge < -0.3 is 5.32 Å². The Balaban J connectivity index is 2.01. The van der Waals surface area contributed by atoms with Crippen LogP contribution in [-0.4, -0.2) is 32.8 Å². The lowest BCUT2D eigenvalue weighted by Crippen LogP contribution is -2.32. The molecule has 0 aliphatic carbocycles. The summed E-state index contributed by atoms with van der Waals surface area (Å²) in [4.78, 5) is 14.2. The molecule has 0 aliphatic heterocycles. The number of sulfonamides is 1. The molecule has 0 heterocycles. The zero-order chi connectivity index (χ0) is 19.5. The number of nitrogens with zero attached hydrogens (tertiary/aromatic N) is 1. The highest BCUT2D eigenvalue weighted by molar-refractivity contribution is 9.10. The van der Waals surface area contributed by atoms with Crippen LogP contribution in [-0.2, 0) is 14.8 Å². The van der Waals surface area contributed by atoms with Gasteiger partial charge in [-0.1, -0.05) is 39.7 Å². The lowest BCUT2D eigenvalue weighted by atomic mass is 10.1. The second-order valence-corrected chi connectivity index (χ2v) is 8.76. The van der Waals surface area contributed by atoms with E-state index in [1.807, 2.05) is 11.8 Å². The fourth-order valence-corrected chi connectivity index (χ4v) is 3.57. The number of rotatable bonds is 6. The Hall–Kier alpha value is -1.45. The Bertz CT molecular complexity index is 904. The van der Waals surface area contributed by atoms with E-state index in [0.29, 0.717) is 10.7 Å². The highest BCUT2D eigenvalue weighted by Crippen LogP contribution is 2.26. The minimum atomic E-state index is -3.72. The van der Waals surface area contributed by atoms with Gasteiger partial charge in [0.15, 0.2) is 0 Å². The molecule has 6 nitrogen and oxygen atoms in total. The molecular weight excluding hydrogens is 442 g/mol. The van der Waals surface area contributed by atoms with Gasteiger partial charge >= 0.3 is 0 Å². The van der Waals surface area contributed by atoms with Gasteiger partial charge in [0.1, 0.15) is 0 Å². The molecule has 2 rings (SSSR count). The van der Waals surface area contributed by atoms with Crippen molar-refractivity contribution in [2.75, 3.05) is 18.9 Å². The van der Waals surface area contributed by atoms with Crippen molar-refractivity contribution in [3.05, 3.63) is 57.5 Å². The van der Waals surface area contributed by atoms with Crippen LogP contribution in [0.2, 0.25) is 5.02 Å². The molecule has 1 unspecified atom stereocenters. The number of hydrogen-bond donors (Lipinski definition) is 2. The number of carbonyl (C=O) groups is 1. The van der Waals surface area contributed by atoms with Gasteiger partial charge in [-0.15, -0.1) is 0 Å². The fraction of sp³-hybridized carbons (Fsp3) is 0.235. The number of likely N-dealkylation sites (N-methyl/N-ethyl adjacent to an activating group) is 1. The molecule has 0 saturated carbocycles. The lowest BCUT2D eigenvalue weighted by molar-refractivity contribution is -0.117. The molecule has 2 aromatic carbocycles. The highest BCUT2D eigenvalue weighted by atomic mass is 79.9. The van der Waals surface area contributed by atoms with Crippen LogP contribution >= 0.6 is 27.5 Å². The van der Waals surface area contributed by atoms with Crippen LogP contribution in [0, 0.1) is 0 Å². The summed E-state index contributed by atoms with van der Waals surface area (Å²) < 4.78 is 23.5. The molecule has 3 N–H and O–H groups in total. The third-order valence-electron chi connectivity index (χ3n) is 3.95. The second-order valence-electron chi connectivity index (χ2n) is 5.88. The van der Waals surface area contributed by atoms with Crippen molar-refractivity contribution >= 4 is 49.1 Å². The largest absolute Gasteiger partial charge is 0.324 e. The quantitative estimate of drug-likeness (QED) is 0.691. The van der Waals surface area contributed by atoms with Crippen molar-refractivity contribution in [2.24, 2.45) is 5.14 Å². The van der Waals surface area contributed by atoms with Gasteiger partial charge in [-0.3, -0.25) is 9.69 Å². The summed E-state index contributed by atoms with van der Waals surface area (Å²) in [5, 5.41) is 8.32. The predicted octanol–water partition coefficient (Wildman–Crippen LogP) is 3.38. The number of hydrogen-bond acceptors (Lipinski definition) is 4. The van der Waals surface area contributed by atoms with Gasteiger partial charge in [0, 0.05) is 10.5 Å². The van der Waals surface area contributed by atoms with Crippen molar-refractivity contribution < 1.29 is 13.2 Å². The van der Waals surface area contributed by atoms with Gasteiger partial charge in [-0.2, -0.15) is 0 Å². The number of anilines is 1. The van der Waals surface area contributed by atoms with Gasteiger partial charge in [-0.05, 0) is 49.9 Å². The zero-order valence-corrected chi connectivity index (χ0v) is 17.4. The monoisotopic (exact) mass is 459 g/mol. The molecule has 26 heavy (non-hydrogen) atoms. The number of nitrogens with one attached hydrogen (secondary N) is 1. The van der Waals surface area contributed by atoms with E-state index in [0.717, 1.165) is 10.0 Å². The van der Waals surface area contributed by atoms with E-state index in [2.05, 4.69) is 21.2 Å². The standard InChI is InChI=1S/C17H19BrClN3O3S/c1-11(12-3-6-14(7-4-12)26(20,24)25)22(2)10-17(23)21-16-8-5-13(18)9-15(16)19/h3-9,11H,10H2,1-2H3,(H,21,23)(H2,20,24,25). The first-order chi connectivity index (χ1) is 12.1. The first-order valence-electron chi connectivity index (χ1n) is 7.66. The summed E-state index contributed by atoms with van der Waals surface area (Å²) in [5.74, 6) is -0.204. The number of benzene rings is 2. The smallest absolute Gasteiger partial charge is 0.238 e. The Morgan fingerprint density at radius 1 is 1.27 bits per heavy atom. The van der Waals surface area contributed by atoms with Crippen molar-refractivity contribution in [1.29, 1.82) is 0 Å². The van der Waals surface area contributed by atoms with Gasteiger partial charge in [0.2, 0.25) is 15.9 Å². The summed E-state index contributed by atoms with van der Waals surface area (Å²) >= 11 is 9.42. The molecule has 0 saturated heterocycles. The number of halogens is 2. The van der Waals surface area contributed by atoms with Crippen molar-refractivity contribution in [1.82, 2.24) is 4.90 Å². The predicted molar refractivity (Wildman–Crippen MR) is 107 cm³/mol. The van der Waals surface area contributed by atoms with Gasteiger partial charge in [0.05, 0.1) is 22.2 Å². The van der Waals surface area contributed by atoms with Gasteiger partial charge in [-0.25, -0.2) is 13.6 Å². The second kappa shape index (κ2) is 8.49. The molecule has 0 spiro atoms. The molecular formula is C17H19BrClN3O3S. The third kappa shape index (κ3) is 5.52. The normalized spacial score (nSPS) is 12.8. The molecule has 1 amide bonds. The van der Waals surface area contributed by atoms with Crippen molar-refractivity contribution in [3.63, 3.8) is 0 Å². The average molecular weight is 461 g/mol.